The number of carbonyl (C=O) groups is 2. The van der Waals surface area contributed by atoms with E-state index in [4.69, 9.17) is 26.6 Å². The summed E-state index contributed by atoms with van der Waals surface area (Å²) in [6, 6.07) is 4.32. The number of methoxy groups -OCH3 is 1. The molecule has 6 heteroatoms. The zero-order valence-electron chi connectivity index (χ0n) is 8.81. The van der Waals surface area contributed by atoms with E-state index in [-0.39, 0.29) is 11.3 Å². The van der Waals surface area contributed by atoms with Gasteiger partial charge in [-0.3, -0.25) is 0 Å². The Kier molecular flexibility index (Phi) is 4.12. The highest BCUT2D eigenvalue weighted by atomic mass is 35.5. The van der Waals surface area contributed by atoms with Gasteiger partial charge in [-0.15, -0.1) is 0 Å². The second-order valence-corrected chi connectivity index (χ2v) is 3.48. The van der Waals surface area contributed by atoms with Crippen molar-refractivity contribution in [3.05, 3.63) is 34.9 Å². The second kappa shape index (κ2) is 5.36. The molecule has 0 atom stereocenters. The van der Waals surface area contributed by atoms with Gasteiger partial charge in [-0.2, -0.15) is 0 Å². The first-order valence-electron chi connectivity index (χ1n) is 4.47. The maximum Gasteiger partial charge on any atom is 0.336 e. The Morgan fingerprint density at radius 1 is 1.35 bits per heavy atom. The summed E-state index contributed by atoms with van der Waals surface area (Å²) in [6.07, 6.45) is 0.594. The Morgan fingerprint density at radius 2 is 2.00 bits per heavy atom. The maximum absolute atomic E-state index is 11.0. The van der Waals surface area contributed by atoms with Crippen molar-refractivity contribution in [1.29, 1.82) is 0 Å². The number of halogens is 1. The van der Waals surface area contributed by atoms with Crippen LogP contribution in [0.5, 0.6) is 5.75 Å². The summed E-state index contributed by atoms with van der Waals surface area (Å²) in [5.74, 6) is -2.48. The van der Waals surface area contributed by atoms with Crippen LogP contribution < -0.4 is 4.74 Å². The molecule has 0 aromatic heterocycles. The molecule has 0 aliphatic rings. The molecule has 90 valence electrons. The fourth-order valence-electron chi connectivity index (χ4n) is 1.27. The second-order valence-electron chi connectivity index (χ2n) is 3.05. The lowest BCUT2D eigenvalue weighted by Crippen LogP contribution is -2.04. The third-order valence-corrected chi connectivity index (χ3v) is 2.19. The molecule has 0 aliphatic heterocycles. The van der Waals surface area contributed by atoms with Crippen LogP contribution in [-0.2, 0) is 9.59 Å². The van der Waals surface area contributed by atoms with E-state index in [0.29, 0.717) is 11.1 Å². The molecule has 1 aromatic rings. The molecular weight excluding hydrogens is 248 g/mol. The van der Waals surface area contributed by atoms with Gasteiger partial charge in [0.2, 0.25) is 0 Å². The summed E-state index contributed by atoms with van der Waals surface area (Å²) >= 11 is 5.74. The van der Waals surface area contributed by atoms with Crippen LogP contribution in [0, 0.1) is 0 Å². The van der Waals surface area contributed by atoms with Crippen molar-refractivity contribution in [2.24, 2.45) is 0 Å². The lowest BCUT2D eigenvalue weighted by atomic mass is 10.0. The van der Waals surface area contributed by atoms with Gasteiger partial charge in [0, 0.05) is 16.7 Å². The fraction of sp³-hybridized carbons (Fsp3) is 0.0909. The average molecular weight is 257 g/mol. The average Bonchev–Trinajstić information content (AvgIpc) is 2.25. The first-order chi connectivity index (χ1) is 7.95. The number of ether oxygens (including phenoxy) is 1. The van der Waals surface area contributed by atoms with Gasteiger partial charge in [-0.1, -0.05) is 11.6 Å². The van der Waals surface area contributed by atoms with Crippen LogP contribution in [0.25, 0.3) is 5.57 Å². The van der Waals surface area contributed by atoms with Crippen molar-refractivity contribution in [3.63, 3.8) is 0 Å². The van der Waals surface area contributed by atoms with Crippen LogP contribution in [0.15, 0.2) is 24.3 Å². The van der Waals surface area contributed by atoms with Gasteiger partial charge in [-0.25, -0.2) is 9.59 Å². The van der Waals surface area contributed by atoms with E-state index >= 15 is 0 Å². The number of benzene rings is 1. The van der Waals surface area contributed by atoms with Crippen molar-refractivity contribution < 1.29 is 24.5 Å². The van der Waals surface area contributed by atoms with E-state index in [1.807, 2.05) is 0 Å². The topological polar surface area (TPSA) is 83.8 Å². The van der Waals surface area contributed by atoms with Gasteiger partial charge in [0.05, 0.1) is 12.7 Å². The molecule has 0 bridgehead atoms. The zero-order valence-corrected chi connectivity index (χ0v) is 9.56. The molecule has 0 spiro atoms. The monoisotopic (exact) mass is 256 g/mol. The standard InChI is InChI=1S/C11H9ClO5/c1-17-9-3-2-6(12)4-7(9)8(11(15)16)5-10(13)14/h2-5H,1H3,(H,13,14)(H,15,16)/b8-5-. The molecular formula is C11H9ClO5. The number of carboxylic acid groups (broad SMARTS) is 2. The number of hydrogen-bond acceptors (Lipinski definition) is 3. The molecule has 5 nitrogen and oxygen atoms in total. The summed E-state index contributed by atoms with van der Waals surface area (Å²) in [4.78, 5) is 21.5. The molecule has 0 saturated carbocycles. The molecule has 2 N–H and O–H groups in total. The zero-order chi connectivity index (χ0) is 13.0. The first kappa shape index (κ1) is 13.1. The van der Waals surface area contributed by atoms with Crippen molar-refractivity contribution >= 4 is 29.1 Å². The Hall–Kier alpha value is -2.01. The van der Waals surface area contributed by atoms with E-state index in [2.05, 4.69) is 0 Å². The fourth-order valence-corrected chi connectivity index (χ4v) is 1.44. The van der Waals surface area contributed by atoms with Crippen LogP contribution in [0.4, 0.5) is 0 Å². The van der Waals surface area contributed by atoms with Crippen LogP contribution in [0.3, 0.4) is 0 Å². The van der Waals surface area contributed by atoms with E-state index in [1.54, 1.807) is 0 Å². The predicted molar refractivity (Wildman–Crippen MR) is 61.3 cm³/mol. The number of carboxylic acids is 2. The summed E-state index contributed by atoms with van der Waals surface area (Å²) in [7, 11) is 1.35. The molecule has 1 rings (SSSR count). The van der Waals surface area contributed by atoms with Crippen LogP contribution >= 0.6 is 11.6 Å². The molecule has 0 fully saturated rings. The third-order valence-electron chi connectivity index (χ3n) is 1.95. The van der Waals surface area contributed by atoms with E-state index in [1.165, 1.54) is 25.3 Å². The lowest BCUT2D eigenvalue weighted by molar-refractivity contribution is -0.133. The van der Waals surface area contributed by atoms with Gasteiger partial charge in [0.1, 0.15) is 5.75 Å². The van der Waals surface area contributed by atoms with Crippen molar-refractivity contribution in [2.75, 3.05) is 7.11 Å². The number of aliphatic carboxylic acids is 2. The summed E-state index contributed by atoms with van der Waals surface area (Å²) < 4.78 is 4.96. The summed E-state index contributed by atoms with van der Waals surface area (Å²) in [6.45, 7) is 0. The van der Waals surface area contributed by atoms with Crippen molar-refractivity contribution in [1.82, 2.24) is 0 Å². The van der Waals surface area contributed by atoms with E-state index in [0.717, 1.165) is 0 Å². The third kappa shape index (κ3) is 3.22. The SMILES string of the molecule is COc1ccc(Cl)cc1/C(=C/C(=O)O)C(=O)O. The van der Waals surface area contributed by atoms with Crippen LogP contribution in [0.1, 0.15) is 5.56 Å². The lowest BCUT2D eigenvalue weighted by Gasteiger charge is -2.09. The van der Waals surface area contributed by atoms with Gasteiger partial charge >= 0.3 is 11.9 Å². The quantitative estimate of drug-likeness (QED) is 0.804. The summed E-state index contributed by atoms with van der Waals surface area (Å²) in [5, 5.41) is 17.9. The highest BCUT2D eigenvalue weighted by molar-refractivity contribution is 6.31. The highest BCUT2D eigenvalue weighted by Gasteiger charge is 2.17. The number of rotatable bonds is 4. The minimum absolute atomic E-state index is 0.120. The Morgan fingerprint density at radius 3 is 2.47 bits per heavy atom. The minimum Gasteiger partial charge on any atom is -0.496 e. The Balaban J connectivity index is 3.42. The molecule has 0 heterocycles. The van der Waals surface area contributed by atoms with Crippen LogP contribution in [-0.4, -0.2) is 29.3 Å². The van der Waals surface area contributed by atoms with Crippen LogP contribution in [0.2, 0.25) is 5.02 Å². The predicted octanol–water partition coefficient (Wildman–Crippen LogP) is 1.90. The highest BCUT2D eigenvalue weighted by Crippen LogP contribution is 2.29. The Bertz CT molecular complexity index is 493. The Labute approximate surface area is 102 Å². The molecule has 0 radical (unpaired) electrons. The smallest absolute Gasteiger partial charge is 0.336 e. The molecule has 0 unspecified atom stereocenters. The largest absolute Gasteiger partial charge is 0.496 e. The van der Waals surface area contributed by atoms with Crippen molar-refractivity contribution in [2.45, 2.75) is 0 Å². The van der Waals surface area contributed by atoms with Gasteiger partial charge in [0.25, 0.3) is 0 Å². The first-order valence-corrected chi connectivity index (χ1v) is 4.85. The van der Waals surface area contributed by atoms with Gasteiger partial charge in [-0.05, 0) is 18.2 Å². The van der Waals surface area contributed by atoms with E-state index < -0.39 is 17.5 Å². The molecule has 17 heavy (non-hydrogen) atoms. The summed E-state index contributed by atoms with van der Waals surface area (Å²) in [5.41, 5.74) is -0.272. The van der Waals surface area contributed by atoms with Gasteiger partial charge < -0.3 is 14.9 Å². The minimum atomic E-state index is -1.37. The molecule has 0 amide bonds. The van der Waals surface area contributed by atoms with E-state index in [9.17, 15) is 9.59 Å². The number of hydrogen-bond donors (Lipinski definition) is 2. The van der Waals surface area contributed by atoms with Crippen molar-refractivity contribution in [3.8, 4) is 5.75 Å². The maximum atomic E-state index is 11.0. The normalized spacial score (nSPS) is 11.1. The molecule has 1 aromatic carbocycles. The van der Waals surface area contributed by atoms with Gasteiger partial charge in [0.15, 0.2) is 0 Å². The molecule has 0 aliphatic carbocycles. The molecule has 0 saturated heterocycles.